The fourth-order valence-corrected chi connectivity index (χ4v) is 3.69. The molecule has 2 saturated heterocycles. The molecule has 106 valence electrons. The Kier molecular flexibility index (Phi) is 2.78. The van der Waals surface area contributed by atoms with Crippen LogP contribution in [-0.4, -0.2) is 35.4 Å². The first-order valence-corrected chi connectivity index (χ1v) is 6.36. The number of rotatable bonds is 3. The normalized spacial score (nSPS) is 40.9. The molecule has 2 aliphatic heterocycles. The van der Waals surface area contributed by atoms with E-state index in [9.17, 15) is 18.4 Å². The summed E-state index contributed by atoms with van der Waals surface area (Å²) in [6, 6.07) is 0. The third kappa shape index (κ3) is 2.09. The lowest BCUT2D eigenvalue weighted by molar-refractivity contribution is -0.280. The zero-order valence-corrected chi connectivity index (χ0v) is 10.1. The summed E-state index contributed by atoms with van der Waals surface area (Å²) in [5.74, 6) is -3.55. The summed E-state index contributed by atoms with van der Waals surface area (Å²) in [4.78, 5) is 22.3. The maximum atomic E-state index is 13.2. The van der Waals surface area contributed by atoms with Crippen LogP contribution in [0, 0.1) is 17.8 Å². The zero-order valence-electron chi connectivity index (χ0n) is 10.1. The molecule has 4 rings (SSSR count). The molecule has 0 aromatic carbocycles. The highest BCUT2D eigenvalue weighted by molar-refractivity contribution is 5.75. The summed E-state index contributed by atoms with van der Waals surface area (Å²) in [7, 11) is 0. The predicted octanol–water partition coefficient (Wildman–Crippen LogP) is 1.41. The zero-order chi connectivity index (χ0) is 13.8. The Bertz CT molecular complexity index is 424. The van der Waals surface area contributed by atoms with Gasteiger partial charge in [-0.1, -0.05) is 0 Å². The minimum atomic E-state index is -4.26. The Morgan fingerprint density at radius 3 is 2.74 bits per heavy atom. The third-order valence-electron chi connectivity index (χ3n) is 4.37. The summed E-state index contributed by atoms with van der Waals surface area (Å²) < 4.78 is 36.2. The lowest BCUT2D eigenvalue weighted by Crippen LogP contribution is -2.48. The van der Waals surface area contributed by atoms with Crippen LogP contribution in [0.25, 0.3) is 0 Å². The highest BCUT2D eigenvalue weighted by Crippen LogP contribution is 2.49. The number of alkyl halides is 2. The van der Waals surface area contributed by atoms with Crippen molar-refractivity contribution in [3.05, 3.63) is 0 Å². The van der Waals surface area contributed by atoms with Crippen LogP contribution in [0.2, 0.25) is 0 Å². The molecular formula is C12H14F2O5. The lowest BCUT2D eigenvalue weighted by atomic mass is 9.66. The van der Waals surface area contributed by atoms with E-state index in [2.05, 4.69) is 4.74 Å². The van der Waals surface area contributed by atoms with Crippen molar-refractivity contribution in [2.75, 3.05) is 0 Å². The minimum absolute atomic E-state index is 0.223. The van der Waals surface area contributed by atoms with E-state index in [4.69, 9.17) is 9.84 Å². The maximum Gasteiger partial charge on any atom is 0.456 e. The van der Waals surface area contributed by atoms with Crippen molar-refractivity contribution in [1.82, 2.24) is 0 Å². The van der Waals surface area contributed by atoms with Gasteiger partial charge in [0.2, 0.25) is 0 Å². The van der Waals surface area contributed by atoms with Crippen LogP contribution >= 0.6 is 0 Å². The fourth-order valence-electron chi connectivity index (χ4n) is 3.69. The summed E-state index contributed by atoms with van der Waals surface area (Å²) in [6.07, 6.45) is -3.13. The molecule has 4 bridgehead atoms. The standard InChI is InChI=1S/C12H14F2O5/c13-12(14,11(16)17)19-9-6-1-5-2-7(4-6)18-10(15)8(9)3-5/h5-9H,1-4H2,(H,16,17). The molecule has 4 aliphatic rings. The highest BCUT2D eigenvalue weighted by atomic mass is 19.3. The molecule has 19 heavy (non-hydrogen) atoms. The number of ether oxygens (including phenoxy) is 2. The number of carboxylic acids is 1. The van der Waals surface area contributed by atoms with Crippen molar-refractivity contribution in [3.8, 4) is 0 Å². The number of aliphatic carboxylic acids is 1. The van der Waals surface area contributed by atoms with Crippen LogP contribution in [-0.2, 0) is 19.1 Å². The highest BCUT2D eigenvalue weighted by Gasteiger charge is 2.55. The molecule has 0 spiro atoms. The number of carboxylic acid groups (broad SMARTS) is 1. The maximum absolute atomic E-state index is 13.2. The van der Waals surface area contributed by atoms with E-state index in [1.54, 1.807) is 0 Å². The molecule has 0 aromatic rings. The smallest absolute Gasteiger partial charge is 0.456 e. The van der Waals surface area contributed by atoms with Gasteiger partial charge < -0.3 is 14.6 Å². The van der Waals surface area contributed by atoms with Crippen LogP contribution < -0.4 is 0 Å². The number of fused-ring (bicyclic) bond motifs is 1. The molecule has 2 heterocycles. The Morgan fingerprint density at radius 1 is 1.32 bits per heavy atom. The van der Waals surface area contributed by atoms with Gasteiger partial charge in [-0.25, -0.2) is 4.79 Å². The topological polar surface area (TPSA) is 72.8 Å². The number of halogens is 2. The van der Waals surface area contributed by atoms with Crippen LogP contribution in [0.5, 0.6) is 0 Å². The molecule has 0 radical (unpaired) electrons. The molecule has 5 unspecified atom stereocenters. The molecule has 0 aromatic heterocycles. The second-order valence-corrected chi connectivity index (χ2v) is 5.64. The first-order valence-electron chi connectivity index (χ1n) is 6.36. The third-order valence-corrected chi connectivity index (χ3v) is 4.37. The van der Waals surface area contributed by atoms with Gasteiger partial charge in [0.1, 0.15) is 6.10 Å². The van der Waals surface area contributed by atoms with Crippen molar-refractivity contribution < 1.29 is 33.0 Å². The monoisotopic (exact) mass is 276 g/mol. The van der Waals surface area contributed by atoms with E-state index in [-0.39, 0.29) is 12.0 Å². The van der Waals surface area contributed by atoms with E-state index < -0.39 is 30.1 Å². The van der Waals surface area contributed by atoms with Gasteiger partial charge in [-0.05, 0) is 37.5 Å². The molecule has 4 fully saturated rings. The second-order valence-electron chi connectivity index (χ2n) is 5.64. The lowest BCUT2D eigenvalue weighted by Gasteiger charge is -2.42. The van der Waals surface area contributed by atoms with Crippen LogP contribution in [0.1, 0.15) is 25.7 Å². The average molecular weight is 276 g/mol. The van der Waals surface area contributed by atoms with Gasteiger partial charge in [0, 0.05) is 0 Å². The summed E-state index contributed by atoms with van der Waals surface area (Å²) in [5.41, 5.74) is 0. The van der Waals surface area contributed by atoms with Gasteiger partial charge in [-0.3, -0.25) is 4.79 Å². The Labute approximate surface area is 107 Å². The van der Waals surface area contributed by atoms with Crippen molar-refractivity contribution >= 4 is 11.9 Å². The van der Waals surface area contributed by atoms with Crippen LogP contribution in [0.4, 0.5) is 8.78 Å². The molecule has 7 heteroatoms. The molecular weight excluding hydrogens is 262 g/mol. The SMILES string of the molecule is O=C1OC2CC3CC(C2)C(OC(F)(F)C(=O)O)C1C3. The minimum Gasteiger partial charge on any atom is -0.475 e. The summed E-state index contributed by atoms with van der Waals surface area (Å²) in [5, 5.41) is 8.44. The summed E-state index contributed by atoms with van der Waals surface area (Å²) >= 11 is 0. The van der Waals surface area contributed by atoms with Gasteiger partial charge in [-0.2, -0.15) is 8.78 Å². The van der Waals surface area contributed by atoms with Crippen molar-refractivity contribution in [3.63, 3.8) is 0 Å². The van der Waals surface area contributed by atoms with Crippen molar-refractivity contribution in [2.24, 2.45) is 17.8 Å². The Morgan fingerprint density at radius 2 is 2.05 bits per heavy atom. The number of carbonyl (C=O) groups excluding carboxylic acids is 1. The number of hydrogen-bond donors (Lipinski definition) is 1. The first-order chi connectivity index (χ1) is 8.87. The molecule has 2 aliphatic carbocycles. The predicted molar refractivity (Wildman–Crippen MR) is 56.3 cm³/mol. The van der Waals surface area contributed by atoms with Gasteiger partial charge in [0.15, 0.2) is 0 Å². The van der Waals surface area contributed by atoms with Gasteiger partial charge in [0.25, 0.3) is 0 Å². The number of esters is 1. The molecule has 0 amide bonds. The van der Waals surface area contributed by atoms with Gasteiger partial charge >= 0.3 is 18.0 Å². The fraction of sp³-hybridized carbons (Fsp3) is 0.833. The number of hydrogen-bond acceptors (Lipinski definition) is 4. The van der Waals surface area contributed by atoms with Crippen LogP contribution in [0.3, 0.4) is 0 Å². The van der Waals surface area contributed by atoms with E-state index >= 15 is 0 Å². The van der Waals surface area contributed by atoms with Crippen molar-refractivity contribution in [1.29, 1.82) is 0 Å². The first kappa shape index (κ1) is 12.8. The van der Waals surface area contributed by atoms with E-state index in [1.807, 2.05) is 0 Å². The molecule has 2 saturated carbocycles. The largest absolute Gasteiger partial charge is 0.475 e. The van der Waals surface area contributed by atoms with Gasteiger partial charge in [0.05, 0.1) is 12.0 Å². The molecule has 5 atom stereocenters. The van der Waals surface area contributed by atoms with Gasteiger partial charge in [-0.15, -0.1) is 0 Å². The quantitative estimate of drug-likeness (QED) is 0.789. The Hall–Kier alpha value is -1.24. The van der Waals surface area contributed by atoms with Crippen molar-refractivity contribution in [2.45, 2.75) is 44.0 Å². The van der Waals surface area contributed by atoms with E-state index in [0.717, 1.165) is 6.42 Å². The van der Waals surface area contributed by atoms with E-state index in [0.29, 0.717) is 25.2 Å². The average Bonchev–Trinajstić information content (AvgIpc) is 2.46. The second kappa shape index (κ2) is 4.13. The van der Waals surface area contributed by atoms with Crippen LogP contribution in [0.15, 0.2) is 0 Å². The number of carbonyl (C=O) groups is 2. The Balaban J connectivity index is 1.85. The molecule has 1 N–H and O–H groups in total. The summed E-state index contributed by atoms with van der Waals surface area (Å²) in [6.45, 7) is 0. The van der Waals surface area contributed by atoms with E-state index in [1.165, 1.54) is 0 Å². The molecule has 5 nitrogen and oxygen atoms in total.